The van der Waals surface area contributed by atoms with Crippen LogP contribution in [0.1, 0.15) is 12.8 Å². The number of nitrogens with zero attached hydrogens (tertiary/aromatic N) is 2. The van der Waals surface area contributed by atoms with Crippen molar-refractivity contribution in [1.29, 1.82) is 0 Å². The van der Waals surface area contributed by atoms with Gasteiger partial charge in [0.1, 0.15) is 0 Å². The molecule has 1 amide bonds. The van der Waals surface area contributed by atoms with Gasteiger partial charge in [0.05, 0.1) is 14.2 Å². The maximum atomic E-state index is 11.5. The fraction of sp³-hybridized carbons (Fsp3) is 0.438. The Bertz CT molecular complexity index is 719. The number of carbonyl (C=O) groups is 1. The number of nitrogens with one attached hydrogen (secondary N) is 1. The summed E-state index contributed by atoms with van der Waals surface area (Å²) >= 11 is 1.47. The number of thioether (sulfide) groups is 1. The SMILES string of the molecule is COc1ccc(-c2nnc(SCC[C@@H]3CCNC3=O)o2)cc1OC. The van der Waals surface area contributed by atoms with Crippen molar-refractivity contribution in [3.8, 4) is 23.0 Å². The predicted octanol–water partition coefficient (Wildman–Crippen LogP) is 2.37. The van der Waals surface area contributed by atoms with Crippen LogP contribution < -0.4 is 14.8 Å². The molecular formula is C16H19N3O4S. The van der Waals surface area contributed by atoms with Crippen LogP contribution in [0.5, 0.6) is 11.5 Å². The highest BCUT2D eigenvalue weighted by atomic mass is 32.2. The van der Waals surface area contributed by atoms with E-state index in [1.165, 1.54) is 11.8 Å². The Morgan fingerprint density at radius 3 is 2.83 bits per heavy atom. The number of amides is 1. The van der Waals surface area contributed by atoms with Crippen molar-refractivity contribution in [2.45, 2.75) is 18.1 Å². The Morgan fingerprint density at radius 2 is 2.12 bits per heavy atom. The van der Waals surface area contributed by atoms with Gasteiger partial charge in [0.25, 0.3) is 5.22 Å². The van der Waals surface area contributed by atoms with E-state index in [1.807, 2.05) is 6.07 Å². The molecule has 0 spiro atoms. The molecule has 128 valence electrons. The molecule has 3 rings (SSSR count). The van der Waals surface area contributed by atoms with Gasteiger partial charge in [0.15, 0.2) is 11.5 Å². The highest BCUT2D eigenvalue weighted by molar-refractivity contribution is 7.99. The normalized spacial score (nSPS) is 16.9. The van der Waals surface area contributed by atoms with Gasteiger partial charge >= 0.3 is 0 Å². The fourth-order valence-electron chi connectivity index (χ4n) is 2.56. The minimum Gasteiger partial charge on any atom is -0.493 e. The molecule has 1 atom stereocenters. The topological polar surface area (TPSA) is 86.5 Å². The average Bonchev–Trinajstić information content (AvgIpc) is 3.24. The first kappa shape index (κ1) is 16.6. The third-order valence-electron chi connectivity index (χ3n) is 3.89. The second-order valence-corrected chi connectivity index (χ2v) is 6.40. The molecule has 2 heterocycles. The second-order valence-electron chi connectivity index (χ2n) is 5.36. The van der Waals surface area contributed by atoms with Crippen LogP contribution in [-0.2, 0) is 4.79 Å². The van der Waals surface area contributed by atoms with Crippen molar-refractivity contribution in [1.82, 2.24) is 15.5 Å². The van der Waals surface area contributed by atoms with E-state index in [9.17, 15) is 4.79 Å². The standard InChI is InChI=1S/C16H19N3O4S/c1-21-12-4-3-11(9-13(12)22-2)15-18-19-16(23-15)24-8-6-10-5-7-17-14(10)20/h3-4,9-10H,5-8H2,1-2H3,(H,17,20)/t10-/m0/s1. The second kappa shape index (κ2) is 7.57. The van der Waals surface area contributed by atoms with Gasteiger partial charge in [0.2, 0.25) is 11.8 Å². The molecule has 1 fully saturated rings. The molecule has 1 aliphatic heterocycles. The van der Waals surface area contributed by atoms with Crippen molar-refractivity contribution in [2.75, 3.05) is 26.5 Å². The third kappa shape index (κ3) is 3.64. The van der Waals surface area contributed by atoms with E-state index in [-0.39, 0.29) is 11.8 Å². The maximum Gasteiger partial charge on any atom is 0.276 e. The Hall–Kier alpha value is -2.22. The van der Waals surface area contributed by atoms with E-state index in [0.717, 1.165) is 30.7 Å². The summed E-state index contributed by atoms with van der Waals surface area (Å²) in [6, 6.07) is 5.43. The Balaban J connectivity index is 1.61. The molecule has 7 nitrogen and oxygen atoms in total. The molecule has 0 radical (unpaired) electrons. The van der Waals surface area contributed by atoms with E-state index < -0.39 is 0 Å². The van der Waals surface area contributed by atoms with Crippen LogP contribution in [-0.4, -0.2) is 42.6 Å². The number of hydrogen-bond acceptors (Lipinski definition) is 7. The van der Waals surface area contributed by atoms with Crippen molar-refractivity contribution in [3.63, 3.8) is 0 Å². The minimum absolute atomic E-state index is 0.103. The summed E-state index contributed by atoms with van der Waals surface area (Å²) in [6.07, 6.45) is 1.71. The summed E-state index contributed by atoms with van der Waals surface area (Å²) in [5.41, 5.74) is 0.766. The zero-order valence-corrected chi connectivity index (χ0v) is 14.4. The largest absolute Gasteiger partial charge is 0.493 e. The van der Waals surface area contributed by atoms with Gasteiger partial charge in [-0.2, -0.15) is 0 Å². The first-order chi connectivity index (χ1) is 11.7. The summed E-state index contributed by atoms with van der Waals surface area (Å²) < 4.78 is 16.2. The molecular weight excluding hydrogens is 330 g/mol. The summed E-state index contributed by atoms with van der Waals surface area (Å²) in [6.45, 7) is 0.776. The monoisotopic (exact) mass is 349 g/mol. The lowest BCUT2D eigenvalue weighted by molar-refractivity contribution is -0.122. The van der Waals surface area contributed by atoms with Crippen LogP contribution in [0.15, 0.2) is 27.8 Å². The number of ether oxygens (including phenoxy) is 2. The molecule has 1 aliphatic rings. The van der Waals surface area contributed by atoms with E-state index in [1.54, 1.807) is 26.4 Å². The first-order valence-corrected chi connectivity index (χ1v) is 8.66. The highest BCUT2D eigenvalue weighted by Crippen LogP contribution is 2.32. The van der Waals surface area contributed by atoms with Crippen LogP contribution in [0.4, 0.5) is 0 Å². The molecule has 0 aliphatic carbocycles. The molecule has 0 bridgehead atoms. The van der Waals surface area contributed by atoms with Crippen LogP contribution in [0.2, 0.25) is 0 Å². The van der Waals surface area contributed by atoms with E-state index in [2.05, 4.69) is 15.5 Å². The lowest BCUT2D eigenvalue weighted by atomic mass is 10.1. The maximum absolute atomic E-state index is 11.5. The Morgan fingerprint density at radius 1 is 1.29 bits per heavy atom. The molecule has 1 N–H and O–H groups in total. The van der Waals surface area contributed by atoms with Crippen molar-refractivity contribution in [3.05, 3.63) is 18.2 Å². The summed E-state index contributed by atoms with van der Waals surface area (Å²) in [7, 11) is 3.17. The van der Waals surface area contributed by atoms with Crippen LogP contribution in [0.3, 0.4) is 0 Å². The van der Waals surface area contributed by atoms with Crippen molar-refractivity contribution >= 4 is 17.7 Å². The van der Waals surface area contributed by atoms with Crippen molar-refractivity contribution in [2.24, 2.45) is 5.92 Å². The number of carbonyl (C=O) groups excluding carboxylic acids is 1. The van der Waals surface area contributed by atoms with Crippen LogP contribution >= 0.6 is 11.8 Å². The molecule has 2 aromatic rings. The Kier molecular flexibility index (Phi) is 5.24. The number of aromatic nitrogens is 2. The van der Waals surface area contributed by atoms with Gasteiger partial charge in [-0.25, -0.2) is 0 Å². The molecule has 0 saturated carbocycles. The number of benzene rings is 1. The number of rotatable bonds is 7. The van der Waals surface area contributed by atoms with E-state index in [4.69, 9.17) is 13.9 Å². The van der Waals surface area contributed by atoms with Crippen LogP contribution in [0.25, 0.3) is 11.5 Å². The smallest absolute Gasteiger partial charge is 0.276 e. The van der Waals surface area contributed by atoms with Gasteiger partial charge in [-0.1, -0.05) is 11.8 Å². The molecule has 24 heavy (non-hydrogen) atoms. The highest BCUT2D eigenvalue weighted by Gasteiger charge is 2.23. The zero-order chi connectivity index (χ0) is 16.9. The third-order valence-corrected chi connectivity index (χ3v) is 4.74. The van der Waals surface area contributed by atoms with E-state index >= 15 is 0 Å². The molecule has 8 heteroatoms. The minimum atomic E-state index is 0.103. The molecule has 1 aromatic carbocycles. The number of hydrogen-bond donors (Lipinski definition) is 1. The summed E-state index contributed by atoms with van der Waals surface area (Å²) in [4.78, 5) is 11.5. The average molecular weight is 349 g/mol. The van der Waals surface area contributed by atoms with Crippen molar-refractivity contribution < 1.29 is 18.7 Å². The lowest BCUT2D eigenvalue weighted by Crippen LogP contribution is -2.19. The number of methoxy groups -OCH3 is 2. The molecule has 1 saturated heterocycles. The van der Waals surface area contributed by atoms with E-state index in [0.29, 0.717) is 22.6 Å². The van der Waals surface area contributed by atoms with Gasteiger partial charge in [-0.15, -0.1) is 10.2 Å². The molecule has 0 unspecified atom stereocenters. The van der Waals surface area contributed by atoms with Gasteiger partial charge in [-0.3, -0.25) is 4.79 Å². The fourth-order valence-corrected chi connectivity index (χ4v) is 3.38. The Labute approximate surface area is 144 Å². The quantitative estimate of drug-likeness (QED) is 0.768. The summed E-state index contributed by atoms with van der Waals surface area (Å²) in [5, 5.41) is 11.5. The van der Waals surface area contributed by atoms with Gasteiger partial charge in [-0.05, 0) is 31.0 Å². The first-order valence-electron chi connectivity index (χ1n) is 7.67. The summed E-state index contributed by atoms with van der Waals surface area (Å²) in [5.74, 6) is 2.70. The lowest BCUT2D eigenvalue weighted by Gasteiger charge is -2.07. The molecule has 1 aromatic heterocycles. The van der Waals surface area contributed by atoms with Crippen LogP contribution in [0, 0.1) is 5.92 Å². The zero-order valence-electron chi connectivity index (χ0n) is 13.6. The predicted molar refractivity (Wildman–Crippen MR) is 89.3 cm³/mol. The van der Waals surface area contributed by atoms with Gasteiger partial charge in [0, 0.05) is 23.8 Å². The van der Waals surface area contributed by atoms with Gasteiger partial charge < -0.3 is 19.2 Å².